The molecule has 2 heterocycles. The van der Waals surface area contributed by atoms with E-state index in [-0.39, 0.29) is 6.03 Å². The van der Waals surface area contributed by atoms with Crippen molar-refractivity contribution in [2.75, 3.05) is 51.3 Å². The Morgan fingerprint density at radius 3 is 2.41 bits per heavy atom. The zero-order chi connectivity index (χ0) is 24.1. The van der Waals surface area contributed by atoms with Gasteiger partial charge in [-0.3, -0.25) is 4.90 Å². The van der Waals surface area contributed by atoms with E-state index in [2.05, 4.69) is 51.6 Å². The van der Waals surface area contributed by atoms with Crippen LogP contribution in [0.15, 0.2) is 59.8 Å². The molecule has 2 aromatic rings. The van der Waals surface area contributed by atoms with Crippen molar-refractivity contribution in [1.82, 2.24) is 15.5 Å². The minimum absolute atomic E-state index is 0.333. The highest BCUT2D eigenvalue weighted by Gasteiger charge is 2.34. The van der Waals surface area contributed by atoms with E-state index in [4.69, 9.17) is 9.47 Å². The van der Waals surface area contributed by atoms with Gasteiger partial charge in [0.2, 0.25) is 0 Å². The van der Waals surface area contributed by atoms with Crippen LogP contribution in [-0.4, -0.2) is 63.3 Å². The van der Waals surface area contributed by atoms with Crippen LogP contribution >= 0.6 is 0 Å². The second-order valence-corrected chi connectivity index (χ2v) is 8.47. The Morgan fingerprint density at radius 2 is 1.76 bits per heavy atom. The van der Waals surface area contributed by atoms with Crippen molar-refractivity contribution in [2.45, 2.75) is 19.9 Å². The highest BCUT2D eigenvalue weighted by Crippen LogP contribution is 2.30. The number of nitrogens with one attached hydrogen (secondary N) is 2. The summed E-state index contributed by atoms with van der Waals surface area (Å²) in [4.78, 5) is 30.0. The number of benzene rings is 2. The third-order valence-corrected chi connectivity index (χ3v) is 6.29. The maximum atomic E-state index is 12.8. The third kappa shape index (κ3) is 5.17. The molecule has 2 aromatic carbocycles. The molecule has 0 bridgehead atoms. The number of aryl methyl sites for hydroxylation is 1. The fourth-order valence-corrected chi connectivity index (χ4v) is 4.56. The maximum absolute atomic E-state index is 12.8. The number of esters is 1. The number of carbonyl (C=O) groups excluding carboxylic acids is 2. The molecule has 4 rings (SSSR count). The van der Waals surface area contributed by atoms with Crippen LogP contribution in [0.4, 0.5) is 10.5 Å². The molecule has 2 amide bonds. The number of carbonyl (C=O) groups is 2. The Kier molecular flexibility index (Phi) is 7.37. The topological polar surface area (TPSA) is 83.1 Å². The SMILES string of the molecule is CCOc1ccc([C@H]2NC(=O)NC(CN3CCN(c4ccccc4C)CC3)=C2C(=O)OC)cc1. The lowest BCUT2D eigenvalue weighted by atomic mass is 9.95. The van der Waals surface area contributed by atoms with Gasteiger partial charge in [-0.05, 0) is 43.2 Å². The van der Waals surface area contributed by atoms with Gasteiger partial charge < -0.3 is 25.0 Å². The maximum Gasteiger partial charge on any atom is 0.338 e. The van der Waals surface area contributed by atoms with Crippen LogP contribution in [0.25, 0.3) is 0 Å². The Morgan fingerprint density at radius 1 is 1.06 bits per heavy atom. The van der Waals surface area contributed by atoms with E-state index in [9.17, 15) is 9.59 Å². The number of rotatable bonds is 7. The predicted octanol–water partition coefficient (Wildman–Crippen LogP) is 3.00. The van der Waals surface area contributed by atoms with E-state index in [0.717, 1.165) is 37.5 Å². The number of nitrogens with zero attached hydrogens (tertiary/aromatic N) is 2. The summed E-state index contributed by atoms with van der Waals surface area (Å²) in [5.41, 5.74) is 4.31. The third-order valence-electron chi connectivity index (χ3n) is 6.29. The van der Waals surface area contributed by atoms with Gasteiger partial charge in [0.05, 0.1) is 25.3 Å². The van der Waals surface area contributed by atoms with Gasteiger partial charge in [0.1, 0.15) is 5.75 Å². The summed E-state index contributed by atoms with van der Waals surface area (Å²) in [5.74, 6) is 0.279. The van der Waals surface area contributed by atoms with Gasteiger partial charge in [-0.2, -0.15) is 0 Å². The largest absolute Gasteiger partial charge is 0.494 e. The van der Waals surface area contributed by atoms with Crippen molar-refractivity contribution < 1.29 is 19.1 Å². The Balaban J connectivity index is 1.54. The molecule has 2 aliphatic rings. The molecule has 8 nitrogen and oxygen atoms in total. The van der Waals surface area contributed by atoms with Gasteiger partial charge in [-0.1, -0.05) is 30.3 Å². The predicted molar refractivity (Wildman–Crippen MR) is 131 cm³/mol. The quantitative estimate of drug-likeness (QED) is 0.613. The van der Waals surface area contributed by atoms with Gasteiger partial charge in [0.15, 0.2) is 0 Å². The molecule has 1 saturated heterocycles. The molecule has 1 fully saturated rings. The zero-order valence-electron chi connectivity index (χ0n) is 20.0. The van der Waals surface area contributed by atoms with Gasteiger partial charge in [0.25, 0.3) is 0 Å². The summed E-state index contributed by atoms with van der Waals surface area (Å²) in [6.07, 6.45) is 0. The van der Waals surface area contributed by atoms with Gasteiger partial charge in [-0.25, -0.2) is 9.59 Å². The second-order valence-electron chi connectivity index (χ2n) is 8.47. The van der Waals surface area contributed by atoms with Crippen molar-refractivity contribution in [3.8, 4) is 5.75 Å². The summed E-state index contributed by atoms with van der Waals surface area (Å²) in [7, 11) is 1.36. The van der Waals surface area contributed by atoms with Crippen molar-refractivity contribution in [3.63, 3.8) is 0 Å². The lowest BCUT2D eigenvalue weighted by molar-refractivity contribution is -0.136. The van der Waals surface area contributed by atoms with Gasteiger partial charge in [0, 0.05) is 44.1 Å². The summed E-state index contributed by atoms with van der Waals surface area (Å²) in [6.45, 7) is 8.48. The fourth-order valence-electron chi connectivity index (χ4n) is 4.56. The molecule has 0 aromatic heterocycles. The minimum Gasteiger partial charge on any atom is -0.494 e. The number of anilines is 1. The van der Waals surface area contributed by atoms with Crippen molar-refractivity contribution in [3.05, 3.63) is 70.9 Å². The number of amides is 2. The smallest absolute Gasteiger partial charge is 0.338 e. The van der Waals surface area contributed by atoms with Crippen LogP contribution in [0.1, 0.15) is 24.1 Å². The first-order chi connectivity index (χ1) is 16.5. The van der Waals surface area contributed by atoms with E-state index in [0.29, 0.717) is 24.4 Å². The molecule has 1 atom stereocenters. The van der Waals surface area contributed by atoms with Crippen molar-refractivity contribution >= 4 is 17.7 Å². The number of hydrogen-bond donors (Lipinski definition) is 2. The highest BCUT2D eigenvalue weighted by atomic mass is 16.5. The number of piperazine rings is 1. The normalized spacial score (nSPS) is 18.9. The zero-order valence-corrected chi connectivity index (χ0v) is 20.0. The molecule has 2 aliphatic heterocycles. The molecule has 0 aliphatic carbocycles. The summed E-state index contributed by atoms with van der Waals surface area (Å²) >= 11 is 0. The van der Waals surface area contributed by atoms with Crippen LogP contribution in [0.2, 0.25) is 0 Å². The number of hydrogen-bond acceptors (Lipinski definition) is 6. The van der Waals surface area contributed by atoms with Crippen LogP contribution in [0, 0.1) is 6.92 Å². The molecule has 0 radical (unpaired) electrons. The van der Waals surface area contributed by atoms with Crippen LogP contribution in [0.3, 0.4) is 0 Å². The number of urea groups is 1. The lowest BCUT2D eigenvalue weighted by Gasteiger charge is -2.38. The number of methoxy groups -OCH3 is 1. The van der Waals surface area contributed by atoms with Crippen LogP contribution in [-0.2, 0) is 9.53 Å². The summed E-state index contributed by atoms with van der Waals surface area (Å²) in [6, 6.07) is 14.9. The number of para-hydroxylation sites is 1. The van der Waals surface area contributed by atoms with Crippen LogP contribution in [0.5, 0.6) is 5.75 Å². The number of ether oxygens (including phenoxy) is 2. The fraction of sp³-hybridized carbons (Fsp3) is 0.385. The monoisotopic (exact) mass is 464 g/mol. The van der Waals surface area contributed by atoms with E-state index in [1.54, 1.807) is 0 Å². The highest BCUT2D eigenvalue weighted by molar-refractivity contribution is 5.95. The molecule has 0 unspecified atom stereocenters. The Labute approximate surface area is 200 Å². The van der Waals surface area contributed by atoms with E-state index >= 15 is 0 Å². The molecular formula is C26H32N4O4. The lowest BCUT2D eigenvalue weighted by Crippen LogP contribution is -2.51. The molecule has 180 valence electrons. The molecule has 34 heavy (non-hydrogen) atoms. The first-order valence-electron chi connectivity index (χ1n) is 11.6. The molecule has 0 saturated carbocycles. The van der Waals surface area contributed by atoms with E-state index in [1.165, 1.54) is 18.4 Å². The minimum atomic E-state index is -0.597. The Hall–Kier alpha value is -3.52. The van der Waals surface area contributed by atoms with Crippen molar-refractivity contribution in [1.29, 1.82) is 0 Å². The summed E-state index contributed by atoms with van der Waals surface area (Å²) in [5, 5.41) is 5.74. The Bertz CT molecular complexity index is 1060. The molecule has 0 spiro atoms. The van der Waals surface area contributed by atoms with Crippen LogP contribution < -0.4 is 20.3 Å². The van der Waals surface area contributed by atoms with Gasteiger partial charge >= 0.3 is 12.0 Å². The van der Waals surface area contributed by atoms with E-state index in [1.807, 2.05) is 31.2 Å². The molecule has 8 heteroatoms. The molecule has 2 N–H and O–H groups in total. The molecular weight excluding hydrogens is 432 g/mol. The first-order valence-corrected chi connectivity index (χ1v) is 11.6. The first kappa shape index (κ1) is 23.6. The average Bonchev–Trinajstić information content (AvgIpc) is 2.85. The average molecular weight is 465 g/mol. The summed E-state index contributed by atoms with van der Waals surface area (Å²) < 4.78 is 10.6. The second kappa shape index (κ2) is 10.6. The van der Waals surface area contributed by atoms with Gasteiger partial charge in [-0.15, -0.1) is 0 Å². The standard InChI is InChI=1S/C26H32N4O4/c1-4-34-20-11-9-19(10-12-20)24-23(25(31)33-3)21(27-26(32)28-24)17-29-13-15-30(16-14-29)22-8-6-5-7-18(22)2/h5-12,24H,4,13-17H2,1-3H3,(H2,27,28,32)/t24-/m1/s1. The van der Waals surface area contributed by atoms with E-state index < -0.39 is 12.0 Å². The van der Waals surface area contributed by atoms with Crippen molar-refractivity contribution in [2.24, 2.45) is 0 Å².